The summed E-state index contributed by atoms with van der Waals surface area (Å²) in [6.45, 7) is 5.51. The Morgan fingerprint density at radius 2 is 2.05 bits per heavy atom. The van der Waals surface area contributed by atoms with Gasteiger partial charge < -0.3 is 13.6 Å². The van der Waals surface area contributed by atoms with Crippen LogP contribution in [0.2, 0.25) is 0 Å². The topological polar surface area (TPSA) is 65.5 Å². The van der Waals surface area contributed by atoms with Gasteiger partial charge in [0.25, 0.3) is 5.22 Å². The summed E-state index contributed by atoms with van der Waals surface area (Å²) in [5.74, 6) is 2.23. The summed E-state index contributed by atoms with van der Waals surface area (Å²) >= 11 is 1.43. The van der Waals surface area contributed by atoms with Gasteiger partial charge in [0.05, 0.1) is 18.6 Å². The maximum absolute atomic E-state index is 11.4. The van der Waals surface area contributed by atoms with Crippen LogP contribution in [0.4, 0.5) is 0 Å². The standard InChI is InChI=1S/C13H15NO4S/c1-7-8(2)18-13(14-7)19-6-10-5-11(9(3)17-10)12(15)16-4/h5H,6H2,1-4H3. The summed E-state index contributed by atoms with van der Waals surface area (Å²) in [6.07, 6.45) is 0. The van der Waals surface area contributed by atoms with Crippen molar-refractivity contribution in [3.05, 3.63) is 34.6 Å². The first-order valence-corrected chi connectivity index (χ1v) is 6.74. The van der Waals surface area contributed by atoms with E-state index in [-0.39, 0.29) is 5.97 Å². The maximum Gasteiger partial charge on any atom is 0.341 e. The predicted molar refractivity (Wildman–Crippen MR) is 70.3 cm³/mol. The second-order valence-electron chi connectivity index (χ2n) is 4.08. The van der Waals surface area contributed by atoms with Crippen molar-refractivity contribution in [3.8, 4) is 0 Å². The van der Waals surface area contributed by atoms with Gasteiger partial charge in [0.15, 0.2) is 0 Å². The molecule has 0 saturated heterocycles. The normalized spacial score (nSPS) is 10.7. The van der Waals surface area contributed by atoms with E-state index in [1.54, 1.807) is 13.0 Å². The van der Waals surface area contributed by atoms with Gasteiger partial charge in [0, 0.05) is 0 Å². The average molecular weight is 281 g/mol. The number of aromatic nitrogens is 1. The molecule has 2 heterocycles. The highest BCUT2D eigenvalue weighted by molar-refractivity contribution is 7.98. The minimum Gasteiger partial charge on any atom is -0.465 e. The van der Waals surface area contributed by atoms with Crippen molar-refractivity contribution < 1.29 is 18.4 Å². The van der Waals surface area contributed by atoms with E-state index in [1.807, 2.05) is 13.8 Å². The van der Waals surface area contributed by atoms with Crippen molar-refractivity contribution in [1.29, 1.82) is 0 Å². The highest BCUT2D eigenvalue weighted by atomic mass is 32.2. The van der Waals surface area contributed by atoms with Crippen molar-refractivity contribution in [1.82, 2.24) is 4.98 Å². The van der Waals surface area contributed by atoms with Crippen LogP contribution in [0, 0.1) is 20.8 Å². The number of furan rings is 1. The molecule has 0 aliphatic rings. The molecule has 2 rings (SSSR count). The van der Waals surface area contributed by atoms with Gasteiger partial charge in [-0.1, -0.05) is 11.8 Å². The van der Waals surface area contributed by atoms with Crippen LogP contribution in [-0.4, -0.2) is 18.1 Å². The molecule has 102 valence electrons. The summed E-state index contributed by atoms with van der Waals surface area (Å²) in [5, 5.41) is 0.601. The number of nitrogens with zero attached hydrogens (tertiary/aromatic N) is 1. The number of carbonyl (C=O) groups is 1. The van der Waals surface area contributed by atoms with Crippen molar-refractivity contribution in [2.24, 2.45) is 0 Å². The Morgan fingerprint density at radius 3 is 2.63 bits per heavy atom. The first kappa shape index (κ1) is 13.7. The van der Waals surface area contributed by atoms with Crippen LogP contribution < -0.4 is 0 Å². The molecule has 0 spiro atoms. The number of esters is 1. The maximum atomic E-state index is 11.4. The zero-order valence-electron chi connectivity index (χ0n) is 11.3. The second-order valence-corrected chi connectivity index (χ2v) is 5.01. The third kappa shape index (κ3) is 3.01. The lowest BCUT2D eigenvalue weighted by Crippen LogP contribution is -2.00. The third-order valence-electron chi connectivity index (χ3n) is 2.72. The Morgan fingerprint density at radius 1 is 1.32 bits per heavy atom. The fourth-order valence-corrected chi connectivity index (χ4v) is 2.36. The number of ether oxygens (including phenoxy) is 1. The summed E-state index contributed by atoms with van der Waals surface area (Å²) in [7, 11) is 1.35. The lowest BCUT2D eigenvalue weighted by atomic mass is 10.2. The van der Waals surface area contributed by atoms with Crippen LogP contribution in [0.25, 0.3) is 0 Å². The number of rotatable bonds is 4. The van der Waals surface area contributed by atoms with Crippen LogP contribution in [0.5, 0.6) is 0 Å². The number of carbonyl (C=O) groups excluding carboxylic acids is 1. The zero-order chi connectivity index (χ0) is 14.0. The van der Waals surface area contributed by atoms with E-state index in [0.29, 0.717) is 28.1 Å². The second kappa shape index (κ2) is 5.52. The SMILES string of the molecule is COC(=O)c1cc(CSc2nc(C)c(C)o2)oc1C. The van der Waals surface area contributed by atoms with Gasteiger partial charge in [-0.25, -0.2) is 9.78 Å². The number of thioether (sulfide) groups is 1. The molecule has 0 unspecified atom stereocenters. The molecule has 0 amide bonds. The monoisotopic (exact) mass is 281 g/mol. The molecule has 0 aromatic carbocycles. The molecule has 0 saturated carbocycles. The molecular weight excluding hydrogens is 266 g/mol. The summed E-state index contributed by atoms with van der Waals surface area (Å²) in [4.78, 5) is 15.7. The molecule has 0 radical (unpaired) electrons. The summed E-state index contributed by atoms with van der Waals surface area (Å²) in [5.41, 5.74) is 1.34. The fourth-order valence-electron chi connectivity index (χ4n) is 1.57. The summed E-state index contributed by atoms with van der Waals surface area (Å²) < 4.78 is 15.6. The van der Waals surface area contributed by atoms with Crippen molar-refractivity contribution in [2.45, 2.75) is 31.7 Å². The Bertz CT molecular complexity index is 580. The largest absolute Gasteiger partial charge is 0.465 e. The molecule has 0 bridgehead atoms. The predicted octanol–water partition coefficient (Wildman–Crippen LogP) is 3.27. The number of methoxy groups -OCH3 is 1. The number of hydrogen-bond acceptors (Lipinski definition) is 6. The molecule has 0 aliphatic carbocycles. The number of oxazole rings is 1. The lowest BCUT2D eigenvalue weighted by molar-refractivity contribution is 0.0599. The van der Waals surface area contributed by atoms with Crippen LogP contribution in [0.1, 0.15) is 33.3 Å². The number of hydrogen-bond donors (Lipinski definition) is 0. The van der Waals surface area contributed by atoms with E-state index >= 15 is 0 Å². The molecule has 0 N–H and O–H groups in total. The Labute approximate surface area is 115 Å². The fraction of sp³-hybridized carbons (Fsp3) is 0.385. The van der Waals surface area contributed by atoms with E-state index in [4.69, 9.17) is 8.83 Å². The van der Waals surface area contributed by atoms with Gasteiger partial charge in [0.1, 0.15) is 22.8 Å². The minimum atomic E-state index is -0.389. The Hall–Kier alpha value is -1.69. The minimum absolute atomic E-state index is 0.389. The Balaban J connectivity index is 2.06. The van der Waals surface area contributed by atoms with Crippen molar-refractivity contribution in [2.75, 3.05) is 7.11 Å². The van der Waals surface area contributed by atoms with Crippen LogP contribution in [-0.2, 0) is 10.5 Å². The van der Waals surface area contributed by atoms with Crippen LogP contribution in [0.3, 0.4) is 0 Å². The molecular formula is C13H15NO4S. The van der Waals surface area contributed by atoms with Gasteiger partial charge in [-0.05, 0) is 26.8 Å². The molecule has 2 aromatic rings. The highest BCUT2D eigenvalue weighted by Gasteiger charge is 2.16. The quantitative estimate of drug-likeness (QED) is 0.633. The molecule has 0 fully saturated rings. The van der Waals surface area contributed by atoms with Crippen LogP contribution >= 0.6 is 11.8 Å². The van der Waals surface area contributed by atoms with Gasteiger partial charge >= 0.3 is 5.97 Å². The molecule has 6 heteroatoms. The van der Waals surface area contributed by atoms with Crippen molar-refractivity contribution >= 4 is 17.7 Å². The first-order chi connectivity index (χ1) is 9.01. The smallest absolute Gasteiger partial charge is 0.341 e. The van der Waals surface area contributed by atoms with Gasteiger partial charge in [-0.2, -0.15) is 0 Å². The van der Waals surface area contributed by atoms with E-state index in [0.717, 1.165) is 11.5 Å². The van der Waals surface area contributed by atoms with E-state index < -0.39 is 0 Å². The van der Waals surface area contributed by atoms with Gasteiger partial charge in [-0.15, -0.1) is 0 Å². The van der Waals surface area contributed by atoms with E-state index in [2.05, 4.69) is 9.72 Å². The lowest BCUT2D eigenvalue weighted by Gasteiger charge is -1.93. The first-order valence-electron chi connectivity index (χ1n) is 5.75. The zero-order valence-corrected chi connectivity index (χ0v) is 12.1. The summed E-state index contributed by atoms with van der Waals surface area (Å²) in [6, 6.07) is 1.69. The van der Waals surface area contributed by atoms with E-state index in [9.17, 15) is 4.79 Å². The van der Waals surface area contributed by atoms with Gasteiger partial charge in [0.2, 0.25) is 0 Å². The molecule has 2 aromatic heterocycles. The third-order valence-corrected chi connectivity index (χ3v) is 3.57. The molecule has 0 atom stereocenters. The molecule has 19 heavy (non-hydrogen) atoms. The Kier molecular flexibility index (Phi) is 3.99. The highest BCUT2D eigenvalue weighted by Crippen LogP contribution is 2.26. The van der Waals surface area contributed by atoms with E-state index in [1.165, 1.54) is 18.9 Å². The molecule has 5 nitrogen and oxygen atoms in total. The van der Waals surface area contributed by atoms with Gasteiger partial charge in [-0.3, -0.25) is 0 Å². The van der Waals surface area contributed by atoms with Crippen LogP contribution in [0.15, 0.2) is 20.1 Å². The number of aryl methyl sites for hydroxylation is 3. The van der Waals surface area contributed by atoms with Crippen molar-refractivity contribution in [3.63, 3.8) is 0 Å². The average Bonchev–Trinajstić information content (AvgIpc) is 2.90. The molecule has 0 aliphatic heterocycles.